The molecular formula is C19H34IN7S2. The Morgan fingerprint density at radius 2 is 2.00 bits per heavy atom. The van der Waals surface area contributed by atoms with Crippen LogP contribution in [0.15, 0.2) is 10.1 Å². The predicted molar refractivity (Wildman–Crippen MR) is 135 cm³/mol. The third-order valence-electron chi connectivity index (χ3n) is 4.18. The number of nitrogens with one attached hydrogen (secondary N) is 2. The summed E-state index contributed by atoms with van der Waals surface area (Å²) in [5.74, 6) is 2.47. The van der Waals surface area contributed by atoms with Crippen LogP contribution in [0.3, 0.4) is 0 Å². The molecule has 0 atom stereocenters. The fourth-order valence-electron chi connectivity index (χ4n) is 2.75. The Kier molecular flexibility index (Phi) is 12.1. The van der Waals surface area contributed by atoms with E-state index in [1.807, 2.05) is 6.92 Å². The van der Waals surface area contributed by atoms with Gasteiger partial charge in [0.1, 0.15) is 10.8 Å². The van der Waals surface area contributed by atoms with Crippen LogP contribution in [0.5, 0.6) is 0 Å². The molecule has 0 aliphatic rings. The molecule has 0 radical (unpaired) electrons. The number of aromatic nitrogens is 4. The largest absolute Gasteiger partial charge is 0.357 e. The van der Waals surface area contributed by atoms with Crippen molar-refractivity contribution in [3.05, 3.63) is 21.4 Å². The van der Waals surface area contributed by atoms with Crippen LogP contribution in [0.4, 0.5) is 0 Å². The van der Waals surface area contributed by atoms with Crippen LogP contribution in [0.2, 0.25) is 0 Å². The summed E-state index contributed by atoms with van der Waals surface area (Å²) in [6.45, 7) is 13.9. The normalized spacial score (nSPS) is 11.6. The maximum Gasteiger partial charge on any atom is 0.191 e. The second-order valence-corrected chi connectivity index (χ2v) is 9.14. The SMILES string of the molecule is CCNC(=NCc1nc(C)c(C)s1)NCCCc1nnc(SC)n1CC(C)C.I. The number of hydrogen-bond donors (Lipinski definition) is 2. The number of thioether (sulfide) groups is 1. The molecule has 0 unspecified atom stereocenters. The summed E-state index contributed by atoms with van der Waals surface area (Å²) in [4.78, 5) is 10.5. The number of aryl methyl sites for hydroxylation is 3. The molecule has 0 aromatic carbocycles. The predicted octanol–water partition coefficient (Wildman–Crippen LogP) is 4.04. The molecule has 2 N–H and O–H groups in total. The molecule has 0 spiro atoms. The van der Waals surface area contributed by atoms with Crippen molar-refractivity contribution in [3.63, 3.8) is 0 Å². The number of thiazole rings is 1. The Morgan fingerprint density at radius 3 is 2.59 bits per heavy atom. The first-order valence-corrected chi connectivity index (χ1v) is 11.9. The summed E-state index contributed by atoms with van der Waals surface area (Å²) in [5, 5.41) is 17.5. The third-order valence-corrected chi connectivity index (χ3v) is 5.91. The number of guanidine groups is 1. The number of nitrogens with zero attached hydrogens (tertiary/aromatic N) is 5. The van der Waals surface area contributed by atoms with Gasteiger partial charge in [-0.3, -0.25) is 0 Å². The van der Waals surface area contributed by atoms with Crippen molar-refractivity contribution in [3.8, 4) is 0 Å². The highest BCUT2D eigenvalue weighted by molar-refractivity contribution is 14.0. The van der Waals surface area contributed by atoms with E-state index in [4.69, 9.17) is 0 Å². The minimum absolute atomic E-state index is 0. The topological polar surface area (TPSA) is 80.0 Å². The van der Waals surface area contributed by atoms with Gasteiger partial charge >= 0.3 is 0 Å². The monoisotopic (exact) mass is 551 g/mol. The molecule has 10 heteroatoms. The molecule has 164 valence electrons. The highest BCUT2D eigenvalue weighted by Gasteiger charge is 2.12. The van der Waals surface area contributed by atoms with E-state index in [-0.39, 0.29) is 24.0 Å². The molecule has 2 aromatic heterocycles. The fraction of sp³-hybridized carbons (Fsp3) is 0.684. The van der Waals surface area contributed by atoms with Crippen molar-refractivity contribution < 1.29 is 0 Å². The summed E-state index contributed by atoms with van der Waals surface area (Å²) in [7, 11) is 0. The number of hydrogen-bond acceptors (Lipinski definition) is 6. The zero-order valence-electron chi connectivity index (χ0n) is 18.3. The molecule has 0 saturated heterocycles. The van der Waals surface area contributed by atoms with Gasteiger partial charge in [0.25, 0.3) is 0 Å². The lowest BCUT2D eigenvalue weighted by atomic mass is 10.2. The standard InChI is InChI=1S/C19H33N7S2.HI/c1-7-20-18(22-11-17-23-14(4)15(5)28-17)21-10-8-9-16-24-25-19(27-6)26(16)12-13(2)3;/h13H,7-12H2,1-6H3,(H2,20,21,22);1H. The van der Waals surface area contributed by atoms with Gasteiger partial charge < -0.3 is 15.2 Å². The van der Waals surface area contributed by atoms with Gasteiger partial charge in [0.2, 0.25) is 0 Å². The van der Waals surface area contributed by atoms with Gasteiger partial charge in [-0.25, -0.2) is 9.98 Å². The van der Waals surface area contributed by atoms with Crippen molar-refractivity contribution in [2.45, 2.75) is 65.7 Å². The molecule has 29 heavy (non-hydrogen) atoms. The number of aliphatic imine (C=N–C) groups is 1. The second kappa shape index (κ2) is 13.4. The van der Waals surface area contributed by atoms with Crippen LogP contribution in [-0.4, -0.2) is 45.1 Å². The average Bonchev–Trinajstić information content (AvgIpc) is 3.18. The van der Waals surface area contributed by atoms with Crippen LogP contribution >= 0.6 is 47.1 Å². The molecule has 0 bridgehead atoms. The number of halogens is 1. The molecule has 0 amide bonds. The highest BCUT2D eigenvalue weighted by atomic mass is 127. The van der Waals surface area contributed by atoms with E-state index < -0.39 is 0 Å². The zero-order chi connectivity index (χ0) is 20.5. The summed E-state index contributed by atoms with van der Waals surface area (Å²) >= 11 is 3.37. The van der Waals surface area contributed by atoms with Gasteiger partial charge in [-0.2, -0.15) is 0 Å². The van der Waals surface area contributed by atoms with Gasteiger partial charge in [0.15, 0.2) is 11.1 Å². The summed E-state index contributed by atoms with van der Waals surface area (Å²) in [6, 6.07) is 0. The lowest BCUT2D eigenvalue weighted by Crippen LogP contribution is -2.37. The van der Waals surface area contributed by atoms with Crippen molar-refractivity contribution in [1.29, 1.82) is 0 Å². The Bertz CT molecular complexity index is 751. The van der Waals surface area contributed by atoms with Crippen molar-refractivity contribution in [2.24, 2.45) is 10.9 Å². The second-order valence-electron chi connectivity index (χ2n) is 7.08. The summed E-state index contributed by atoms with van der Waals surface area (Å²) in [5.41, 5.74) is 1.10. The minimum Gasteiger partial charge on any atom is -0.357 e. The van der Waals surface area contributed by atoms with Crippen molar-refractivity contribution in [2.75, 3.05) is 19.3 Å². The molecule has 0 aliphatic carbocycles. The first-order valence-electron chi connectivity index (χ1n) is 9.85. The lowest BCUT2D eigenvalue weighted by Gasteiger charge is -2.13. The van der Waals surface area contributed by atoms with Gasteiger partial charge in [-0.05, 0) is 39.4 Å². The molecule has 2 aromatic rings. The maximum atomic E-state index is 4.66. The average molecular weight is 552 g/mol. The third kappa shape index (κ3) is 8.41. The van der Waals surface area contributed by atoms with Crippen LogP contribution in [0.25, 0.3) is 0 Å². The Hall–Kier alpha value is -0.880. The van der Waals surface area contributed by atoms with Gasteiger partial charge in [0, 0.05) is 30.9 Å². The van der Waals surface area contributed by atoms with Gasteiger partial charge in [-0.15, -0.1) is 45.5 Å². The highest BCUT2D eigenvalue weighted by Crippen LogP contribution is 2.17. The van der Waals surface area contributed by atoms with E-state index in [0.29, 0.717) is 12.5 Å². The van der Waals surface area contributed by atoms with E-state index >= 15 is 0 Å². The first-order chi connectivity index (χ1) is 13.4. The van der Waals surface area contributed by atoms with E-state index in [2.05, 4.69) is 69.3 Å². The summed E-state index contributed by atoms with van der Waals surface area (Å²) < 4.78 is 2.25. The molecule has 0 aliphatic heterocycles. The Morgan fingerprint density at radius 1 is 1.24 bits per heavy atom. The Balaban J connectivity index is 0.00000420. The molecule has 0 fully saturated rings. The van der Waals surface area contributed by atoms with Crippen LogP contribution in [0, 0.1) is 19.8 Å². The van der Waals surface area contributed by atoms with Gasteiger partial charge in [-0.1, -0.05) is 25.6 Å². The van der Waals surface area contributed by atoms with Gasteiger partial charge in [0.05, 0.1) is 12.2 Å². The molecule has 2 rings (SSSR count). The molecule has 2 heterocycles. The van der Waals surface area contributed by atoms with E-state index in [1.165, 1.54) is 4.88 Å². The fourth-order valence-corrected chi connectivity index (χ4v) is 4.13. The van der Waals surface area contributed by atoms with Crippen LogP contribution in [0.1, 0.15) is 48.6 Å². The van der Waals surface area contributed by atoms with Crippen LogP contribution in [-0.2, 0) is 19.5 Å². The van der Waals surface area contributed by atoms with Crippen molar-refractivity contribution >= 4 is 53.0 Å². The zero-order valence-corrected chi connectivity index (χ0v) is 22.2. The maximum absolute atomic E-state index is 4.66. The first kappa shape index (κ1) is 26.2. The smallest absolute Gasteiger partial charge is 0.191 e. The molecule has 0 saturated carbocycles. The Labute approximate surface area is 200 Å². The minimum atomic E-state index is 0. The summed E-state index contributed by atoms with van der Waals surface area (Å²) in [6.07, 6.45) is 3.93. The lowest BCUT2D eigenvalue weighted by molar-refractivity contribution is 0.477. The molecular weight excluding hydrogens is 517 g/mol. The van der Waals surface area contributed by atoms with E-state index in [0.717, 1.165) is 60.1 Å². The quantitative estimate of drug-likeness (QED) is 0.153. The van der Waals surface area contributed by atoms with E-state index in [1.54, 1.807) is 23.1 Å². The van der Waals surface area contributed by atoms with Crippen LogP contribution < -0.4 is 10.6 Å². The van der Waals surface area contributed by atoms with E-state index in [9.17, 15) is 0 Å². The molecule has 7 nitrogen and oxygen atoms in total. The van der Waals surface area contributed by atoms with Crippen molar-refractivity contribution in [1.82, 2.24) is 30.4 Å². The number of rotatable bonds is 10.